The highest BCUT2D eigenvalue weighted by atomic mass is 32.2. The molecule has 0 bridgehead atoms. The van der Waals surface area contributed by atoms with Gasteiger partial charge in [0.05, 0.1) is 18.0 Å². The van der Waals surface area contributed by atoms with Crippen molar-refractivity contribution < 1.29 is 13.9 Å². The molecule has 0 aliphatic rings. The number of thioether (sulfide) groups is 1. The Kier molecular flexibility index (Phi) is 6.59. The van der Waals surface area contributed by atoms with Crippen LogP contribution in [0.4, 0.5) is 4.39 Å². The first-order valence-corrected chi connectivity index (χ1v) is 9.56. The van der Waals surface area contributed by atoms with E-state index in [1.807, 2.05) is 24.3 Å². The van der Waals surface area contributed by atoms with Crippen LogP contribution >= 0.6 is 11.8 Å². The van der Waals surface area contributed by atoms with Gasteiger partial charge < -0.3 is 10.1 Å². The monoisotopic (exact) mass is 401 g/mol. The van der Waals surface area contributed by atoms with Gasteiger partial charge in [0, 0.05) is 6.54 Å². The zero-order chi connectivity index (χ0) is 19.9. The summed E-state index contributed by atoms with van der Waals surface area (Å²) in [6.45, 7) is 2.29. The van der Waals surface area contributed by atoms with Gasteiger partial charge in [-0.2, -0.15) is 4.68 Å². The van der Waals surface area contributed by atoms with E-state index in [0.29, 0.717) is 23.8 Å². The molecule has 3 aromatic rings. The number of benzene rings is 2. The summed E-state index contributed by atoms with van der Waals surface area (Å²) in [4.78, 5) is 12.4. The molecule has 1 N–H and O–H groups in total. The zero-order valence-electron chi connectivity index (χ0n) is 15.5. The lowest BCUT2D eigenvalue weighted by Crippen LogP contribution is -2.32. The van der Waals surface area contributed by atoms with Crippen LogP contribution in [0.5, 0.6) is 5.75 Å². The Hall–Kier alpha value is -2.94. The van der Waals surface area contributed by atoms with Crippen molar-refractivity contribution in [1.29, 1.82) is 0 Å². The van der Waals surface area contributed by atoms with E-state index in [-0.39, 0.29) is 11.7 Å². The van der Waals surface area contributed by atoms with E-state index in [1.54, 1.807) is 26.2 Å². The second-order valence-electron chi connectivity index (χ2n) is 6.00. The summed E-state index contributed by atoms with van der Waals surface area (Å²) < 4.78 is 20.0. The molecule has 28 heavy (non-hydrogen) atoms. The number of nitrogens with one attached hydrogen (secondary N) is 1. The zero-order valence-corrected chi connectivity index (χ0v) is 16.3. The highest BCUT2D eigenvalue weighted by molar-refractivity contribution is 8.00. The van der Waals surface area contributed by atoms with E-state index in [1.165, 1.54) is 28.6 Å². The quantitative estimate of drug-likeness (QED) is 0.585. The fourth-order valence-corrected chi connectivity index (χ4v) is 3.33. The van der Waals surface area contributed by atoms with Gasteiger partial charge in [0.1, 0.15) is 11.6 Å². The van der Waals surface area contributed by atoms with Gasteiger partial charge in [-0.25, -0.2) is 4.39 Å². The Morgan fingerprint density at radius 3 is 2.79 bits per heavy atom. The number of ether oxygens (including phenoxy) is 1. The van der Waals surface area contributed by atoms with Crippen LogP contribution in [0.1, 0.15) is 12.5 Å². The normalized spacial score (nSPS) is 11.8. The summed E-state index contributed by atoms with van der Waals surface area (Å²) in [7, 11) is 1.62. The first-order valence-electron chi connectivity index (χ1n) is 8.68. The molecule has 146 valence electrons. The minimum absolute atomic E-state index is 0.118. The average Bonchev–Trinajstić information content (AvgIpc) is 3.16. The third kappa shape index (κ3) is 5.07. The molecule has 0 unspecified atom stereocenters. The van der Waals surface area contributed by atoms with Gasteiger partial charge in [0.2, 0.25) is 11.1 Å². The van der Waals surface area contributed by atoms with E-state index < -0.39 is 5.25 Å². The molecule has 0 radical (unpaired) electrons. The van der Waals surface area contributed by atoms with Crippen molar-refractivity contribution in [3.05, 3.63) is 59.9 Å². The maximum Gasteiger partial charge on any atom is 0.233 e. The number of amides is 1. The van der Waals surface area contributed by atoms with Crippen LogP contribution in [0.3, 0.4) is 0 Å². The Labute approximate surface area is 166 Å². The molecule has 1 heterocycles. The largest absolute Gasteiger partial charge is 0.497 e. The van der Waals surface area contributed by atoms with Crippen molar-refractivity contribution in [2.75, 3.05) is 13.7 Å². The predicted octanol–water partition coefficient (Wildman–Crippen LogP) is 2.65. The van der Waals surface area contributed by atoms with E-state index in [9.17, 15) is 9.18 Å². The van der Waals surface area contributed by atoms with Gasteiger partial charge in [-0.3, -0.25) is 4.79 Å². The number of carbonyl (C=O) groups excluding carboxylic acids is 1. The van der Waals surface area contributed by atoms with Crippen LogP contribution in [0.2, 0.25) is 0 Å². The van der Waals surface area contributed by atoms with Crippen LogP contribution in [-0.2, 0) is 11.2 Å². The molecule has 2 aromatic carbocycles. The van der Waals surface area contributed by atoms with E-state index in [2.05, 4.69) is 20.8 Å². The number of halogens is 1. The fraction of sp³-hybridized carbons (Fsp3) is 0.263. The molecule has 1 aromatic heterocycles. The summed E-state index contributed by atoms with van der Waals surface area (Å²) in [5, 5.41) is 14.4. The van der Waals surface area contributed by atoms with Gasteiger partial charge >= 0.3 is 0 Å². The number of hydrogen-bond donors (Lipinski definition) is 1. The highest BCUT2D eigenvalue weighted by Crippen LogP contribution is 2.23. The number of carbonyl (C=O) groups is 1. The topological polar surface area (TPSA) is 81.9 Å². The van der Waals surface area contributed by atoms with Crippen LogP contribution in [0.15, 0.2) is 53.7 Å². The summed E-state index contributed by atoms with van der Waals surface area (Å²) in [6.07, 6.45) is 0.716. The van der Waals surface area contributed by atoms with E-state index >= 15 is 0 Å². The SMILES string of the molecule is COc1ccc(CCNC(=O)[C@H](C)Sc2nnnn2-c2cccc(F)c2)cc1. The lowest BCUT2D eigenvalue weighted by Gasteiger charge is -2.12. The van der Waals surface area contributed by atoms with Crippen LogP contribution in [-0.4, -0.2) is 45.0 Å². The van der Waals surface area contributed by atoms with Gasteiger partial charge in [-0.1, -0.05) is 30.0 Å². The summed E-state index contributed by atoms with van der Waals surface area (Å²) >= 11 is 1.21. The minimum atomic E-state index is -0.408. The smallest absolute Gasteiger partial charge is 0.233 e. The molecule has 1 atom stereocenters. The van der Waals surface area contributed by atoms with Crippen molar-refractivity contribution in [2.45, 2.75) is 23.8 Å². The Bertz CT molecular complexity index is 932. The van der Waals surface area contributed by atoms with Crippen LogP contribution in [0, 0.1) is 5.82 Å². The number of aromatic nitrogens is 4. The summed E-state index contributed by atoms with van der Waals surface area (Å²) in [5.74, 6) is 0.300. The van der Waals surface area contributed by atoms with Crippen molar-refractivity contribution in [1.82, 2.24) is 25.5 Å². The number of methoxy groups -OCH3 is 1. The number of rotatable bonds is 8. The van der Waals surface area contributed by atoms with E-state index in [0.717, 1.165) is 11.3 Å². The molecule has 1 amide bonds. The summed E-state index contributed by atoms with van der Waals surface area (Å²) in [5.41, 5.74) is 1.61. The third-order valence-corrected chi connectivity index (χ3v) is 5.05. The Morgan fingerprint density at radius 2 is 2.07 bits per heavy atom. The first-order chi connectivity index (χ1) is 13.6. The van der Waals surface area contributed by atoms with Crippen molar-refractivity contribution in [3.8, 4) is 11.4 Å². The van der Waals surface area contributed by atoms with Crippen LogP contribution < -0.4 is 10.1 Å². The molecule has 9 heteroatoms. The maximum absolute atomic E-state index is 13.4. The molecule has 3 rings (SSSR count). The molecule has 0 spiro atoms. The first kappa shape index (κ1) is 19.8. The number of nitrogens with zero attached hydrogens (tertiary/aromatic N) is 4. The Morgan fingerprint density at radius 1 is 1.29 bits per heavy atom. The van der Waals surface area contributed by atoms with E-state index in [4.69, 9.17) is 4.74 Å². The highest BCUT2D eigenvalue weighted by Gasteiger charge is 2.19. The molecular formula is C19H20FN5O2S. The molecule has 0 aliphatic carbocycles. The second-order valence-corrected chi connectivity index (χ2v) is 7.31. The Balaban J connectivity index is 1.54. The number of hydrogen-bond acceptors (Lipinski definition) is 6. The lowest BCUT2D eigenvalue weighted by molar-refractivity contribution is -0.120. The molecule has 7 nitrogen and oxygen atoms in total. The third-order valence-electron chi connectivity index (χ3n) is 4.02. The summed E-state index contributed by atoms with van der Waals surface area (Å²) in [6, 6.07) is 13.7. The maximum atomic E-state index is 13.4. The van der Waals surface area contributed by atoms with Gasteiger partial charge in [-0.05, 0) is 59.7 Å². The minimum Gasteiger partial charge on any atom is -0.497 e. The average molecular weight is 401 g/mol. The lowest BCUT2D eigenvalue weighted by atomic mass is 10.1. The van der Waals surface area contributed by atoms with Crippen LogP contribution in [0.25, 0.3) is 5.69 Å². The van der Waals surface area contributed by atoms with Gasteiger partial charge in [-0.15, -0.1) is 5.10 Å². The fourth-order valence-electron chi connectivity index (χ4n) is 2.50. The van der Waals surface area contributed by atoms with Gasteiger partial charge in [0.15, 0.2) is 0 Å². The molecular weight excluding hydrogens is 381 g/mol. The standard InChI is InChI=1S/C19H20FN5O2S/c1-13(18(26)21-11-10-14-6-8-17(27-2)9-7-14)28-19-22-23-24-25(19)16-5-3-4-15(20)12-16/h3-9,12-13H,10-11H2,1-2H3,(H,21,26)/t13-/m0/s1. The second kappa shape index (κ2) is 9.32. The molecule has 0 saturated carbocycles. The van der Waals surface area contributed by atoms with Crippen molar-refractivity contribution in [3.63, 3.8) is 0 Å². The molecule has 0 saturated heterocycles. The molecule has 0 aliphatic heterocycles. The predicted molar refractivity (Wildman–Crippen MR) is 104 cm³/mol. The molecule has 0 fully saturated rings. The number of tetrazole rings is 1. The van der Waals surface area contributed by atoms with Crippen molar-refractivity contribution in [2.24, 2.45) is 0 Å². The van der Waals surface area contributed by atoms with Gasteiger partial charge in [0.25, 0.3) is 0 Å². The van der Waals surface area contributed by atoms with Crippen molar-refractivity contribution >= 4 is 17.7 Å².